The number of hydrogen-bond donors (Lipinski definition) is 0. The van der Waals surface area contributed by atoms with Gasteiger partial charge in [0.25, 0.3) is 0 Å². The van der Waals surface area contributed by atoms with Crippen LogP contribution in [-0.2, 0) is 19.6 Å². The first-order chi connectivity index (χ1) is 28.6. The van der Waals surface area contributed by atoms with Gasteiger partial charge in [-0.05, 0) is 79.9 Å². The van der Waals surface area contributed by atoms with Gasteiger partial charge in [0.15, 0.2) is 12.2 Å². The topological polar surface area (TPSA) is 57.9 Å². The number of halogens is 3. The van der Waals surface area contributed by atoms with E-state index in [1.54, 1.807) is 12.3 Å². The molecule has 4 heterocycles. The lowest BCUT2D eigenvalue weighted by atomic mass is 10.1. The van der Waals surface area contributed by atoms with Crippen LogP contribution in [0.2, 0.25) is 0 Å². The zero-order chi connectivity index (χ0) is 39.8. The monoisotopic (exact) mass is 776 g/mol. The summed E-state index contributed by atoms with van der Waals surface area (Å²) >= 11 is 0. The highest BCUT2D eigenvalue weighted by molar-refractivity contribution is 6.10. The van der Waals surface area contributed by atoms with Crippen LogP contribution in [-0.4, -0.2) is 45.0 Å². The maximum absolute atomic E-state index is 12.6. The van der Waals surface area contributed by atoms with Gasteiger partial charge in [-0.15, -0.1) is 0 Å². The predicted molar refractivity (Wildman–Crippen MR) is 231 cm³/mol. The van der Waals surface area contributed by atoms with Crippen LogP contribution in [0.1, 0.15) is 29.6 Å². The Morgan fingerprint density at radius 1 is 0.483 bits per heavy atom. The maximum Gasteiger partial charge on any atom is 0.181 e. The van der Waals surface area contributed by atoms with E-state index in [2.05, 4.69) is 67.2 Å². The van der Waals surface area contributed by atoms with E-state index in [0.717, 1.165) is 62.4 Å². The average molecular weight is 777 g/mol. The van der Waals surface area contributed by atoms with E-state index in [-0.39, 0.29) is 20.0 Å². The van der Waals surface area contributed by atoms with E-state index < -0.39 is 0 Å². The minimum Gasteiger partial charge on any atom is -0.444 e. The molecule has 6 aromatic carbocycles. The molecule has 0 bridgehead atoms. The zero-order valence-electron chi connectivity index (χ0n) is 32.0. The number of para-hydroxylation sites is 4. The lowest BCUT2D eigenvalue weighted by Gasteiger charge is -2.05. The van der Waals surface area contributed by atoms with Gasteiger partial charge in [-0.1, -0.05) is 72.8 Å². The van der Waals surface area contributed by atoms with Crippen molar-refractivity contribution in [3.05, 3.63) is 152 Å². The maximum atomic E-state index is 12.6. The number of aldehydes is 1. The Kier molecular flexibility index (Phi) is 11.7. The molecule has 10 aromatic rings. The van der Waals surface area contributed by atoms with E-state index in [9.17, 15) is 18.0 Å². The molecule has 0 radical (unpaired) electrons. The molecule has 0 saturated heterocycles. The Hall–Kier alpha value is -6.61. The first kappa shape index (κ1) is 38.3. The molecule has 9 heteroatoms. The number of hydrogen-bond acceptors (Lipinski definition) is 3. The average Bonchev–Trinajstić information content (AvgIpc) is 4.07. The predicted octanol–water partition coefficient (Wildman–Crippen LogP) is 12.9. The van der Waals surface area contributed by atoms with Crippen LogP contribution >= 0.6 is 0 Å². The SMILES string of the molecule is FCCCn1c2ccccc2c2cc(-c3cnco3)ccc21.FCCCn1c2ccccc2c2ccccc21.O=Cc1ccc2c(c1)c1ccccc1n2CCCF. The highest BCUT2D eigenvalue weighted by Crippen LogP contribution is 2.34. The normalized spacial score (nSPS) is 11.4. The van der Waals surface area contributed by atoms with Crippen molar-refractivity contribution >= 4 is 71.7 Å². The molecule has 0 fully saturated rings. The van der Waals surface area contributed by atoms with Crippen LogP contribution in [0.3, 0.4) is 0 Å². The van der Waals surface area contributed by atoms with Crippen molar-refractivity contribution in [3.8, 4) is 11.3 Å². The first-order valence-electron chi connectivity index (χ1n) is 19.6. The summed E-state index contributed by atoms with van der Waals surface area (Å²) in [4.78, 5) is 14.9. The summed E-state index contributed by atoms with van der Waals surface area (Å²) < 4.78 is 49.3. The second-order valence-corrected chi connectivity index (χ2v) is 14.1. The van der Waals surface area contributed by atoms with Crippen molar-refractivity contribution in [1.29, 1.82) is 0 Å². The molecule has 0 aliphatic carbocycles. The van der Waals surface area contributed by atoms with E-state index in [1.165, 1.54) is 33.6 Å². The van der Waals surface area contributed by atoms with Crippen LogP contribution in [0, 0.1) is 0 Å². The van der Waals surface area contributed by atoms with Crippen LogP contribution in [0.15, 0.2) is 150 Å². The van der Waals surface area contributed by atoms with Crippen molar-refractivity contribution < 1.29 is 22.4 Å². The third-order valence-corrected chi connectivity index (χ3v) is 10.6. The van der Waals surface area contributed by atoms with E-state index in [4.69, 9.17) is 4.42 Å². The largest absolute Gasteiger partial charge is 0.444 e. The van der Waals surface area contributed by atoms with Crippen molar-refractivity contribution in [2.24, 2.45) is 0 Å². The molecule has 0 atom stereocenters. The lowest BCUT2D eigenvalue weighted by molar-refractivity contribution is 0.112. The second kappa shape index (κ2) is 17.7. The molecular weight excluding hydrogens is 734 g/mol. The van der Waals surface area contributed by atoms with Gasteiger partial charge in [-0.3, -0.25) is 18.0 Å². The number of oxazole rings is 1. The molecule has 292 valence electrons. The lowest BCUT2D eigenvalue weighted by Crippen LogP contribution is -1.98. The van der Waals surface area contributed by atoms with Gasteiger partial charge in [0.1, 0.15) is 6.29 Å². The first-order valence-corrected chi connectivity index (χ1v) is 19.6. The van der Waals surface area contributed by atoms with E-state index in [1.807, 2.05) is 78.9 Å². The van der Waals surface area contributed by atoms with Gasteiger partial charge >= 0.3 is 0 Å². The highest BCUT2D eigenvalue weighted by Gasteiger charge is 2.13. The third kappa shape index (κ3) is 7.47. The van der Waals surface area contributed by atoms with Crippen molar-refractivity contribution in [2.75, 3.05) is 20.0 Å². The van der Waals surface area contributed by atoms with Gasteiger partial charge in [0, 0.05) is 96.2 Å². The summed E-state index contributed by atoms with van der Waals surface area (Å²) in [5.74, 6) is 0.752. The molecule has 0 saturated carbocycles. The molecule has 58 heavy (non-hydrogen) atoms. The second-order valence-electron chi connectivity index (χ2n) is 14.1. The summed E-state index contributed by atoms with van der Waals surface area (Å²) in [6, 6.07) is 44.8. The van der Waals surface area contributed by atoms with Crippen LogP contribution < -0.4 is 0 Å². The number of aryl methyl sites for hydroxylation is 3. The molecule has 10 rings (SSSR count). The quantitative estimate of drug-likeness (QED) is 0.123. The van der Waals surface area contributed by atoms with Gasteiger partial charge < -0.3 is 18.1 Å². The number of nitrogens with zero attached hydrogens (tertiary/aromatic N) is 4. The highest BCUT2D eigenvalue weighted by atomic mass is 19.1. The number of carbonyl (C=O) groups excluding carboxylic acids is 1. The Morgan fingerprint density at radius 3 is 1.29 bits per heavy atom. The Balaban J connectivity index is 0.000000123. The van der Waals surface area contributed by atoms with Gasteiger partial charge in [0.2, 0.25) is 0 Å². The molecule has 4 aromatic heterocycles. The third-order valence-electron chi connectivity index (χ3n) is 10.6. The fourth-order valence-corrected chi connectivity index (χ4v) is 8.09. The molecule has 0 amide bonds. The van der Waals surface area contributed by atoms with Crippen LogP contribution in [0.5, 0.6) is 0 Å². The summed E-state index contributed by atoms with van der Waals surface area (Å²) in [6.07, 6.45) is 5.60. The smallest absolute Gasteiger partial charge is 0.181 e. The summed E-state index contributed by atoms with van der Waals surface area (Å²) in [5, 5.41) is 7.00. The summed E-state index contributed by atoms with van der Waals surface area (Å²) in [5.41, 5.74) is 8.47. The fourth-order valence-electron chi connectivity index (χ4n) is 8.09. The summed E-state index contributed by atoms with van der Waals surface area (Å²) in [7, 11) is 0. The number of benzene rings is 6. The minimum atomic E-state index is -0.319. The Bertz CT molecular complexity index is 2910. The van der Waals surface area contributed by atoms with Gasteiger partial charge in [0.05, 0.1) is 26.2 Å². The molecule has 6 nitrogen and oxygen atoms in total. The molecule has 0 spiro atoms. The van der Waals surface area contributed by atoms with Crippen molar-refractivity contribution in [2.45, 2.75) is 38.9 Å². The Morgan fingerprint density at radius 2 is 0.879 bits per heavy atom. The zero-order valence-corrected chi connectivity index (χ0v) is 32.0. The number of fused-ring (bicyclic) bond motifs is 9. The summed E-state index contributed by atoms with van der Waals surface area (Å²) in [6.45, 7) is 1.19. The molecule has 0 aliphatic heterocycles. The minimum absolute atomic E-state index is 0.263. The van der Waals surface area contributed by atoms with E-state index in [0.29, 0.717) is 37.9 Å². The number of carbonyl (C=O) groups is 1. The van der Waals surface area contributed by atoms with Gasteiger partial charge in [-0.25, -0.2) is 4.98 Å². The van der Waals surface area contributed by atoms with Gasteiger partial charge in [-0.2, -0.15) is 0 Å². The number of aromatic nitrogens is 4. The van der Waals surface area contributed by atoms with Crippen molar-refractivity contribution in [3.63, 3.8) is 0 Å². The van der Waals surface area contributed by atoms with Crippen molar-refractivity contribution in [1.82, 2.24) is 18.7 Å². The molecule has 0 N–H and O–H groups in total. The molecular formula is C49H43F3N4O2. The Labute approximate surface area is 333 Å². The fraction of sp³-hybridized carbons (Fsp3) is 0.184. The van der Waals surface area contributed by atoms with Crippen LogP contribution in [0.25, 0.3) is 76.7 Å². The standard InChI is InChI=1S/C18H15FN2O.C16H14FNO.C15H14FN/c19-8-3-9-21-16-5-2-1-4-14(16)15-10-13(6-7-17(15)21)18-11-20-12-22-18;17-8-3-9-18-15-5-2-1-4-13(15)14-10-12(11-19)6-7-16(14)18;16-10-5-11-17-14-8-3-1-6-12(14)13-7-2-4-9-15(13)17/h1-2,4-7,10-12H,3,8-9H2;1-2,4-7,10-11H,3,8-9H2;1-4,6-9H,5,10-11H2. The molecule has 0 aliphatic rings. The van der Waals surface area contributed by atoms with E-state index >= 15 is 0 Å². The number of rotatable bonds is 11. The van der Waals surface area contributed by atoms with Crippen LogP contribution in [0.4, 0.5) is 13.2 Å². The molecule has 0 unspecified atom stereocenters. The number of alkyl halides is 3.